The molecule has 2 rings (SSSR count). The summed E-state index contributed by atoms with van der Waals surface area (Å²) in [5, 5.41) is 5.62. The molecular weight excluding hydrogens is 283 g/mol. The zero-order chi connectivity index (χ0) is 14.0. The van der Waals surface area contributed by atoms with Gasteiger partial charge < -0.3 is 0 Å². The lowest BCUT2D eigenvalue weighted by atomic mass is 10.00. The summed E-state index contributed by atoms with van der Waals surface area (Å²) in [6.45, 7) is 1.94. The molecule has 102 valence electrons. The number of nitrogens with zero attached hydrogens (tertiary/aromatic N) is 2. The number of nitrogens with one attached hydrogen (secondary N) is 1. The summed E-state index contributed by atoms with van der Waals surface area (Å²) >= 11 is 12.2. The third kappa shape index (κ3) is 3.09. The highest BCUT2D eigenvalue weighted by molar-refractivity contribution is 6.30. The quantitative estimate of drug-likeness (QED) is 0.674. The van der Waals surface area contributed by atoms with E-state index in [1.165, 1.54) is 0 Å². The largest absolute Gasteiger partial charge is 0.271 e. The Kier molecular flexibility index (Phi) is 4.47. The van der Waals surface area contributed by atoms with Crippen LogP contribution in [0.4, 0.5) is 0 Å². The second-order valence-corrected chi connectivity index (χ2v) is 5.25. The van der Waals surface area contributed by atoms with Crippen LogP contribution in [0.1, 0.15) is 22.9 Å². The van der Waals surface area contributed by atoms with Crippen molar-refractivity contribution in [1.29, 1.82) is 0 Å². The third-order valence-electron chi connectivity index (χ3n) is 3.13. The Hall–Kier alpha value is -1.07. The number of nitrogens with two attached hydrogens (primary N) is 1. The van der Waals surface area contributed by atoms with Crippen LogP contribution < -0.4 is 11.3 Å². The standard InChI is InChI=1S/C13H16Cl2N4/c1-8-11(13(15)19(2)18-8)7-12(17-16)9-4-3-5-10(14)6-9/h3-6,12,17H,7,16H2,1-2H3. The molecule has 0 saturated heterocycles. The topological polar surface area (TPSA) is 55.9 Å². The number of aromatic nitrogens is 2. The molecule has 3 N–H and O–H groups in total. The minimum absolute atomic E-state index is 0.0564. The van der Waals surface area contributed by atoms with Crippen LogP contribution in [0.15, 0.2) is 24.3 Å². The van der Waals surface area contributed by atoms with Crippen molar-refractivity contribution in [3.05, 3.63) is 51.3 Å². The summed E-state index contributed by atoms with van der Waals surface area (Å²) in [6.07, 6.45) is 0.662. The Morgan fingerprint density at radius 3 is 2.68 bits per heavy atom. The van der Waals surface area contributed by atoms with Gasteiger partial charge in [-0.05, 0) is 31.0 Å². The molecule has 1 heterocycles. The van der Waals surface area contributed by atoms with Gasteiger partial charge in [0.05, 0.1) is 11.7 Å². The van der Waals surface area contributed by atoms with Crippen LogP contribution in [0.5, 0.6) is 0 Å². The second kappa shape index (κ2) is 5.92. The molecule has 1 aromatic heterocycles. The maximum absolute atomic E-state index is 6.24. The summed E-state index contributed by atoms with van der Waals surface area (Å²) < 4.78 is 1.66. The van der Waals surface area contributed by atoms with Gasteiger partial charge in [0.15, 0.2) is 0 Å². The van der Waals surface area contributed by atoms with Crippen LogP contribution in [0.25, 0.3) is 0 Å². The van der Waals surface area contributed by atoms with Crippen LogP contribution in [0.3, 0.4) is 0 Å². The van der Waals surface area contributed by atoms with Gasteiger partial charge in [-0.15, -0.1) is 0 Å². The van der Waals surface area contributed by atoms with Crippen LogP contribution >= 0.6 is 23.2 Å². The first kappa shape index (κ1) is 14.3. The monoisotopic (exact) mass is 298 g/mol. The molecule has 1 atom stereocenters. The first-order chi connectivity index (χ1) is 9.02. The molecule has 2 aromatic rings. The minimum atomic E-state index is -0.0564. The summed E-state index contributed by atoms with van der Waals surface area (Å²) in [5.74, 6) is 5.65. The van der Waals surface area contributed by atoms with Crippen LogP contribution in [0.2, 0.25) is 10.2 Å². The number of hydrogen-bond acceptors (Lipinski definition) is 3. The van der Waals surface area contributed by atoms with E-state index in [9.17, 15) is 0 Å². The Labute approximate surface area is 122 Å². The molecule has 0 aliphatic carbocycles. The number of rotatable bonds is 4. The van der Waals surface area contributed by atoms with E-state index >= 15 is 0 Å². The molecule has 0 saturated carbocycles. The fraction of sp³-hybridized carbons (Fsp3) is 0.308. The Balaban J connectivity index is 2.29. The molecule has 19 heavy (non-hydrogen) atoms. The van der Waals surface area contributed by atoms with Crippen molar-refractivity contribution in [3.63, 3.8) is 0 Å². The van der Waals surface area contributed by atoms with Crippen molar-refractivity contribution < 1.29 is 0 Å². The number of benzene rings is 1. The average molecular weight is 299 g/mol. The average Bonchev–Trinajstić information content (AvgIpc) is 2.61. The molecule has 0 spiro atoms. The van der Waals surface area contributed by atoms with Crippen molar-refractivity contribution in [2.24, 2.45) is 12.9 Å². The van der Waals surface area contributed by atoms with Gasteiger partial charge in [-0.2, -0.15) is 5.10 Å². The molecular formula is C13H16Cl2N4. The van der Waals surface area contributed by atoms with Gasteiger partial charge >= 0.3 is 0 Å². The third-order valence-corrected chi connectivity index (χ3v) is 3.84. The van der Waals surface area contributed by atoms with Gasteiger partial charge in [-0.25, -0.2) is 0 Å². The highest BCUT2D eigenvalue weighted by Gasteiger charge is 2.17. The summed E-state index contributed by atoms with van der Waals surface area (Å²) in [5.41, 5.74) is 5.73. The molecule has 1 aromatic carbocycles. The van der Waals surface area contributed by atoms with Gasteiger partial charge in [0.1, 0.15) is 5.15 Å². The number of aryl methyl sites for hydroxylation is 2. The van der Waals surface area contributed by atoms with Crippen molar-refractivity contribution >= 4 is 23.2 Å². The fourth-order valence-electron chi connectivity index (χ4n) is 2.11. The van der Waals surface area contributed by atoms with Gasteiger partial charge in [-0.1, -0.05) is 35.3 Å². The number of halogens is 2. The van der Waals surface area contributed by atoms with Crippen molar-refractivity contribution in [2.75, 3.05) is 0 Å². The van der Waals surface area contributed by atoms with E-state index < -0.39 is 0 Å². The van der Waals surface area contributed by atoms with E-state index in [4.69, 9.17) is 29.0 Å². The van der Waals surface area contributed by atoms with Gasteiger partial charge in [0, 0.05) is 17.6 Å². The van der Waals surface area contributed by atoms with E-state index in [2.05, 4.69) is 10.5 Å². The van der Waals surface area contributed by atoms with Crippen LogP contribution in [-0.2, 0) is 13.5 Å². The summed E-state index contributed by atoms with van der Waals surface area (Å²) in [4.78, 5) is 0. The van der Waals surface area contributed by atoms with Gasteiger partial charge in [0.2, 0.25) is 0 Å². The Morgan fingerprint density at radius 2 is 2.16 bits per heavy atom. The highest BCUT2D eigenvalue weighted by atomic mass is 35.5. The number of hydrogen-bond donors (Lipinski definition) is 2. The van der Waals surface area contributed by atoms with E-state index in [0.717, 1.165) is 16.8 Å². The molecule has 1 unspecified atom stereocenters. The lowest BCUT2D eigenvalue weighted by Crippen LogP contribution is -2.29. The molecule has 0 aliphatic rings. The fourth-order valence-corrected chi connectivity index (χ4v) is 2.56. The molecule has 6 heteroatoms. The molecule has 0 amide bonds. The van der Waals surface area contributed by atoms with E-state index in [1.807, 2.05) is 38.2 Å². The SMILES string of the molecule is Cc1nn(C)c(Cl)c1CC(NN)c1cccc(Cl)c1. The van der Waals surface area contributed by atoms with E-state index in [1.54, 1.807) is 4.68 Å². The molecule has 4 nitrogen and oxygen atoms in total. The predicted octanol–water partition coefficient (Wildman–Crippen LogP) is 2.78. The maximum Gasteiger partial charge on any atom is 0.130 e. The van der Waals surface area contributed by atoms with Crippen molar-refractivity contribution in [3.8, 4) is 0 Å². The molecule has 0 aliphatic heterocycles. The molecule has 0 radical (unpaired) electrons. The second-order valence-electron chi connectivity index (χ2n) is 4.46. The Morgan fingerprint density at radius 1 is 1.42 bits per heavy atom. The highest BCUT2D eigenvalue weighted by Crippen LogP contribution is 2.26. The molecule has 0 bridgehead atoms. The van der Waals surface area contributed by atoms with Gasteiger partial charge in [-0.3, -0.25) is 16.0 Å². The van der Waals surface area contributed by atoms with E-state index in [-0.39, 0.29) is 6.04 Å². The maximum atomic E-state index is 6.24. The van der Waals surface area contributed by atoms with Crippen molar-refractivity contribution in [2.45, 2.75) is 19.4 Å². The summed E-state index contributed by atoms with van der Waals surface area (Å²) in [7, 11) is 1.82. The first-order valence-electron chi connectivity index (χ1n) is 5.92. The van der Waals surface area contributed by atoms with Gasteiger partial charge in [0.25, 0.3) is 0 Å². The van der Waals surface area contributed by atoms with Crippen LogP contribution in [0, 0.1) is 6.92 Å². The van der Waals surface area contributed by atoms with Crippen molar-refractivity contribution in [1.82, 2.24) is 15.2 Å². The smallest absolute Gasteiger partial charge is 0.130 e. The normalized spacial score (nSPS) is 12.7. The zero-order valence-electron chi connectivity index (χ0n) is 10.8. The van der Waals surface area contributed by atoms with E-state index in [0.29, 0.717) is 16.6 Å². The Bertz CT molecular complexity index is 580. The summed E-state index contributed by atoms with van der Waals surface area (Å²) in [6, 6.07) is 7.56. The zero-order valence-corrected chi connectivity index (χ0v) is 12.3. The van der Waals surface area contributed by atoms with Crippen LogP contribution in [-0.4, -0.2) is 9.78 Å². The number of hydrazine groups is 1. The minimum Gasteiger partial charge on any atom is -0.271 e. The molecule has 0 fully saturated rings. The lowest BCUT2D eigenvalue weighted by Gasteiger charge is -2.16. The lowest BCUT2D eigenvalue weighted by molar-refractivity contribution is 0.551. The first-order valence-corrected chi connectivity index (χ1v) is 6.68. The predicted molar refractivity (Wildman–Crippen MR) is 78.2 cm³/mol.